The monoisotopic (exact) mass is 228 g/mol. The zero-order valence-corrected chi connectivity index (χ0v) is 10.6. The van der Waals surface area contributed by atoms with E-state index in [1.165, 1.54) is 10.5 Å². The molecule has 0 aliphatic carbocycles. The summed E-state index contributed by atoms with van der Waals surface area (Å²) in [6.07, 6.45) is 0. The summed E-state index contributed by atoms with van der Waals surface area (Å²) in [6, 6.07) is 8.77. The van der Waals surface area contributed by atoms with Crippen LogP contribution in [0.3, 0.4) is 0 Å². The lowest BCUT2D eigenvalue weighted by Crippen LogP contribution is -2.10. The summed E-state index contributed by atoms with van der Waals surface area (Å²) in [5.41, 5.74) is 1.63. The van der Waals surface area contributed by atoms with E-state index in [1.54, 1.807) is 0 Å². The van der Waals surface area contributed by atoms with Crippen LogP contribution in [0.1, 0.15) is 26.3 Å². The smallest absolute Gasteiger partial charge is 0.0317 e. The maximum atomic E-state index is 5.63. The summed E-state index contributed by atoms with van der Waals surface area (Å²) in [5, 5.41) is 0. The van der Waals surface area contributed by atoms with Crippen LogP contribution in [0.4, 0.5) is 0 Å². The van der Waals surface area contributed by atoms with Gasteiger partial charge in [0.2, 0.25) is 0 Å². The summed E-state index contributed by atoms with van der Waals surface area (Å²) < 4.78 is 0. The average Bonchev–Trinajstić information content (AvgIpc) is 2.14. The molecule has 0 aliphatic rings. The number of alkyl halides is 1. The van der Waals surface area contributed by atoms with Crippen molar-refractivity contribution in [2.24, 2.45) is 0 Å². The highest BCUT2D eigenvalue weighted by atomic mass is 35.5. The van der Waals surface area contributed by atoms with Crippen LogP contribution in [-0.2, 0) is 5.41 Å². The van der Waals surface area contributed by atoms with Gasteiger partial charge in [0, 0.05) is 16.5 Å². The maximum Gasteiger partial charge on any atom is 0.0317 e. The first-order valence-electron chi connectivity index (χ1n) is 4.83. The molecule has 0 amide bonds. The van der Waals surface area contributed by atoms with Gasteiger partial charge in [-0.2, -0.15) is 0 Å². The maximum absolute atomic E-state index is 5.63. The van der Waals surface area contributed by atoms with E-state index in [-0.39, 0.29) is 5.41 Å². The largest absolute Gasteiger partial charge is 0.126 e. The molecule has 1 rings (SSSR count). The lowest BCUT2D eigenvalue weighted by atomic mass is 9.87. The number of hydrogen-bond acceptors (Lipinski definition) is 1. The molecule has 0 spiro atoms. The number of benzene rings is 1. The van der Waals surface area contributed by atoms with Gasteiger partial charge < -0.3 is 0 Å². The van der Waals surface area contributed by atoms with Crippen LogP contribution in [0.2, 0.25) is 0 Å². The predicted octanol–water partition coefficient (Wildman–Crippen LogP) is 4.32. The van der Waals surface area contributed by atoms with Gasteiger partial charge in [-0.25, -0.2) is 0 Å². The zero-order valence-electron chi connectivity index (χ0n) is 9.01. The van der Waals surface area contributed by atoms with E-state index in [9.17, 15) is 0 Å². The number of rotatable bonds is 3. The second-order valence-corrected chi connectivity index (χ2v) is 5.86. The van der Waals surface area contributed by atoms with E-state index in [0.29, 0.717) is 5.88 Å². The van der Waals surface area contributed by atoms with Gasteiger partial charge in [0.1, 0.15) is 0 Å². The van der Waals surface area contributed by atoms with Gasteiger partial charge in [-0.15, -0.1) is 23.4 Å². The molecule has 2 heteroatoms. The number of thioether (sulfide) groups is 1. The molecule has 78 valence electrons. The van der Waals surface area contributed by atoms with Gasteiger partial charge in [-0.05, 0) is 23.1 Å². The molecule has 0 aromatic heterocycles. The fourth-order valence-electron chi connectivity index (χ4n) is 1.21. The van der Waals surface area contributed by atoms with Crippen LogP contribution in [0.25, 0.3) is 0 Å². The molecule has 0 atom stereocenters. The third-order valence-electron chi connectivity index (χ3n) is 2.07. The molecule has 0 aliphatic heterocycles. The normalized spacial score (nSPS) is 11.7. The van der Waals surface area contributed by atoms with Crippen molar-refractivity contribution in [3.8, 4) is 0 Å². The summed E-state index contributed by atoms with van der Waals surface area (Å²) in [5.74, 6) is 1.70. The Kier molecular flexibility index (Phi) is 4.33. The molecule has 0 bridgehead atoms. The Balaban J connectivity index is 2.69. The van der Waals surface area contributed by atoms with E-state index in [4.69, 9.17) is 11.6 Å². The Labute approximate surface area is 96.0 Å². The Morgan fingerprint density at radius 2 is 1.71 bits per heavy atom. The van der Waals surface area contributed by atoms with Crippen LogP contribution in [0, 0.1) is 0 Å². The minimum Gasteiger partial charge on any atom is -0.126 e. The number of hydrogen-bond donors (Lipinski definition) is 0. The van der Waals surface area contributed by atoms with E-state index in [2.05, 4.69) is 45.0 Å². The first-order valence-corrected chi connectivity index (χ1v) is 6.35. The van der Waals surface area contributed by atoms with Crippen molar-refractivity contribution in [3.63, 3.8) is 0 Å². The SMILES string of the molecule is CC(C)(C)c1ccc(SCCCl)cc1. The molecule has 0 radical (unpaired) electrons. The van der Waals surface area contributed by atoms with Gasteiger partial charge in [-0.3, -0.25) is 0 Å². The zero-order chi connectivity index (χ0) is 10.6. The Morgan fingerprint density at radius 1 is 1.14 bits per heavy atom. The van der Waals surface area contributed by atoms with Gasteiger partial charge >= 0.3 is 0 Å². The van der Waals surface area contributed by atoms with Crippen molar-refractivity contribution in [1.29, 1.82) is 0 Å². The van der Waals surface area contributed by atoms with Crippen molar-refractivity contribution in [2.45, 2.75) is 31.1 Å². The molecule has 0 saturated heterocycles. The predicted molar refractivity (Wildman–Crippen MR) is 66.6 cm³/mol. The summed E-state index contributed by atoms with van der Waals surface area (Å²) in [6.45, 7) is 6.69. The van der Waals surface area contributed by atoms with Crippen LogP contribution in [0.5, 0.6) is 0 Å². The lowest BCUT2D eigenvalue weighted by Gasteiger charge is -2.18. The Hall–Kier alpha value is -0.140. The molecular weight excluding hydrogens is 212 g/mol. The molecule has 1 aromatic carbocycles. The molecule has 0 N–H and O–H groups in total. The Bertz CT molecular complexity index is 271. The van der Waals surface area contributed by atoms with Crippen molar-refractivity contribution in [2.75, 3.05) is 11.6 Å². The highest BCUT2D eigenvalue weighted by Gasteiger charge is 2.12. The third-order valence-corrected chi connectivity index (χ3v) is 3.49. The second-order valence-electron chi connectivity index (χ2n) is 4.31. The van der Waals surface area contributed by atoms with Gasteiger partial charge in [0.25, 0.3) is 0 Å². The van der Waals surface area contributed by atoms with E-state index >= 15 is 0 Å². The third kappa shape index (κ3) is 3.55. The van der Waals surface area contributed by atoms with Gasteiger partial charge in [-0.1, -0.05) is 32.9 Å². The van der Waals surface area contributed by atoms with Crippen molar-refractivity contribution >= 4 is 23.4 Å². The van der Waals surface area contributed by atoms with Crippen LogP contribution < -0.4 is 0 Å². The molecule has 0 heterocycles. The highest BCUT2D eigenvalue weighted by molar-refractivity contribution is 7.99. The van der Waals surface area contributed by atoms with Crippen LogP contribution in [-0.4, -0.2) is 11.6 Å². The fraction of sp³-hybridized carbons (Fsp3) is 0.500. The topological polar surface area (TPSA) is 0 Å². The van der Waals surface area contributed by atoms with Crippen LogP contribution in [0.15, 0.2) is 29.2 Å². The van der Waals surface area contributed by atoms with Gasteiger partial charge in [0.15, 0.2) is 0 Å². The number of halogens is 1. The molecule has 0 saturated carbocycles. The summed E-state index contributed by atoms with van der Waals surface area (Å²) in [7, 11) is 0. The minimum atomic E-state index is 0.246. The summed E-state index contributed by atoms with van der Waals surface area (Å²) >= 11 is 7.44. The van der Waals surface area contributed by atoms with Crippen LogP contribution >= 0.6 is 23.4 Å². The summed E-state index contributed by atoms with van der Waals surface area (Å²) in [4.78, 5) is 1.30. The molecule has 1 aromatic rings. The van der Waals surface area contributed by atoms with Crippen molar-refractivity contribution in [3.05, 3.63) is 29.8 Å². The minimum absolute atomic E-state index is 0.246. The molecule has 0 fully saturated rings. The first-order chi connectivity index (χ1) is 6.54. The second kappa shape index (κ2) is 5.09. The van der Waals surface area contributed by atoms with Crippen molar-refractivity contribution < 1.29 is 0 Å². The highest BCUT2D eigenvalue weighted by Crippen LogP contribution is 2.25. The standard InChI is InChI=1S/C12H17ClS/c1-12(2,3)10-4-6-11(7-5-10)14-9-8-13/h4-7H,8-9H2,1-3H3. The average molecular weight is 229 g/mol. The molecule has 14 heavy (non-hydrogen) atoms. The van der Waals surface area contributed by atoms with E-state index < -0.39 is 0 Å². The fourth-order valence-corrected chi connectivity index (χ4v) is 2.08. The Morgan fingerprint density at radius 3 is 2.14 bits per heavy atom. The quantitative estimate of drug-likeness (QED) is 0.549. The molecule has 0 unspecified atom stereocenters. The molecule has 0 nitrogen and oxygen atoms in total. The van der Waals surface area contributed by atoms with Gasteiger partial charge in [0.05, 0.1) is 0 Å². The van der Waals surface area contributed by atoms with E-state index in [1.807, 2.05) is 11.8 Å². The van der Waals surface area contributed by atoms with E-state index in [0.717, 1.165) is 5.75 Å². The molecular formula is C12H17ClS. The first kappa shape index (κ1) is 11.9. The van der Waals surface area contributed by atoms with Crippen molar-refractivity contribution in [1.82, 2.24) is 0 Å². The lowest BCUT2D eigenvalue weighted by molar-refractivity contribution is 0.590.